The largest absolute Gasteiger partial charge is 0.493 e. The van der Waals surface area contributed by atoms with E-state index in [1.807, 2.05) is 61.5 Å². The summed E-state index contributed by atoms with van der Waals surface area (Å²) in [7, 11) is 5.55. The van der Waals surface area contributed by atoms with Gasteiger partial charge in [-0.1, -0.05) is 12.1 Å². The summed E-state index contributed by atoms with van der Waals surface area (Å²) in [5, 5.41) is 9.31. The second-order valence-electron chi connectivity index (χ2n) is 6.42. The number of benzene rings is 2. The van der Waals surface area contributed by atoms with Crippen LogP contribution in [-0.2, 0) is 11.3 Å². The zero-order chi connectivity index (χ0) is 19.4. The zero-order valence-electron chi connectivity index (χ0n) is 15.7. The van der Waals surface area contributed by atoms with Crippen molar-refractivity contribution in [2.24, 2.45) is 0 Å². The Bertz CT molecular complexity index is 950. The number of methoxy groups -OCH3 is 1. The molecule has 142 valence electrons. The first kappa shape index (κ1) is 18.7. The third-order valence-corrected chi connectivity index (χ3v) is 4.17. The molecule has 7 nitrogen and oxygen atoms in total. The molecule has 7 heteroatoms. The first-order valence-corrected chi connectivity index (χ1v) is 8.62. The number of imidazole rings is 1. The monoisotopic (exact) mass is 369 g/mol. The number of carboxylic acid groups (broad SMARTS) is 1. The van der Waals surface area contributed by atoms with E-state index in [9.17, 15) is 9.90 Å². The molecule has 1 N–H and O–H groups in total. The Morgan fingerprint density at radius 2 is 1.96 bits per heavy atom. The van der Waals surface area contributed by atoms with Crippen LogP contribution in [0.25, 0.3) is 22.4 Å². The Hall–Kier alpha value is -3.06. The number of aromatic nitrogens is 2. The predicted molar refractivity (Wildman–Crippen MR) is 103 cm³/mol. The van der Waals surface area contributed by atoms with Crippen molar-refractivity contribution >= 4 is 17.0 Å². The fraction of sp³-hybridized carbons (Fsp3) is 0.300. The number of carboxylic acids is 1. The summed E-state index contributed by atoms with van der Waals surface area (Å²) in [5.41, 5.74) is 2.29. The van der Waals surface area contributed by atoms with Crippen LogP contribution in [0, 0.1) is 0 Å². The quantitative estimate of drug-likeness (QED) is 0.658. The Labute approximate surface area is 157 Å². The van der Waals surface area contributed by atoms with Gasteiger partial charge in [0.2, 0.25) is 0 Å². The van der Waals surface area contributed by atoms with E-state index in [0.717, 1.165) is 23.1 Å². The summed E-state index contributed by atoms with van der Waals surface area (Å²) in [6, 6.07) is 13.0. The molecule has 1 heterocycles. The summed E-state index contributed by atoms with van der Waals surface area (Å²) >= 11 is 0. The molecule has 0 atom stereocenters. The van der Waals surface area contributed by atoms with Gasteiger partial charge in [-0.2, -0.15) is 0 Å². The van der Waals surface area contributed by atoms with E-state index < -0.39 is 5.97 Å². The molecule has 3 aromatic rings. The lowest BCUT2D eigenvalue weighted by Crippen LogP contribution is -2.19. The van der Waals surface area contributed by atoms with Crippen molar-refractivity contribution < 1.29 is 19.4 Å². The van der Waals surface area contributed by atoms with Crippen molar-refractivity contribution in [3.05, 3.63) is 42.5 Å². The van der Waals surface area contributed by atoms with Crippen molar-refractivity contribution in [3.8, 4) is 22.9 Å². The number of carbonyl (C=O) groups is 1. The highest BCUT2D eigenvalue weighted by atomic mass is 16.5. The van der Waals surface area contributed by atoms with Crippen molar-refractivity contribution in [3.63, 3.8) is 0 Å². The Morgan fingerprint density at radius 1 is 1.19 bits per heavy atom. The van der Waals surface area contributed by atoms with Gasteiger partial charge in [-0.15, -0.1) is 0 Å². The van der Waals surface area contributed by atoms with Crippen molar-refractivity contribution in [1.29, 1.82) is 0 Å². The number of fused-ring (bicyclic) bond motifs is 1. The molecular weight excluding hydrogens is 346 g/mol. The Kier molecular flexibility index (Phi) is 5.61. The number of ether oxygens (including phenoxy) is 2. The molecule has 0 spiro atoms. The van der Waals surface area contributed by atoms with Gasteiger partial charge in [-0.3, -0.25) is 4.79 Å². The second kappa shape index (κ2) is 8.09. The van der Waals surface area contributed by atoms with Gasteiger partial charge in [-0.25, -0.2) is 4.98 Å². The first-order valence-electron chi connectivity index (χ1n) is 8.62. The zero-order valence-corrected chi connectivity index (χ0v) is 15.7. The van der Waals surface area contributed by atoms with E-state index in [-0.39, 0.29) is 6.54 Å². The van der Waals surface area contributed by atoms with E-state index in [2.05, 4.69) is 4.98 Å². The van der Waals surface area contributed by atoms with Crippen LogP contribution in [0.3, 0.4) is 0 Å². The fourth-order valence-corrected chi connectivity index (χ4v) is 2.86. The molecule has 0 aliphatic heterocycles. The van der Waals surface area contributed by atoms with Crippen LogP contribution < -0.4 is 9.47 Å². The van der Waals surface area contributed by atoms with Gasteiger partial charge in [0.15, 0.2) is 11.5 Å². The normalized spacial score (nSPS) is 11.1. The van der Waals surface area contributed by atoms with Gasteiger partial charge in [-0.05, 0) is 44.4 Å². The lowest BCUT2D eigenvalue weighted by molar-refractivity contribution is -0.137. The molecule has 0 radical (unpaired) electrons. The van der Waals surface area contributed by atoms with E-state index in [1.165, 1.54) is 0 Å². The summed E-state index contributed by atoms with van der Waals surface area (Å²) in [5.74, 6) is 0.885. The van der Waals surface area contributed by atoms with Gasteiger partial charge in [0.25, 0.3) is 0 Å². The molecule has 0 bridgehead atoms. The molecule has 0 aliphatic rings. The SMILES string of the molecule is COc1cc(-c2nc3ccccc3n2CC(=O)O)ccc1OCCN(C)C. The Morgan fingerprint density at radius 3 is 2.67 bits per heavy atom. The summed E-state index contributed by atoms with van der Waals surface area (Å²) in [6.45, 7) is 1.17. The van der Waals surface area contributed by atoms with Crippen LogP contribution >= 0.6 is 0 Å². The maximum absolute atomic E-state index is 11.3. The third-order valence-electron chi connectivity index (χ3n) is 4.17. The molecule has 3 rings (SSSR count). The molecule has 0 aliphatic carbocycles. The molecular formula is C20H23N3O4. The fourth-order valence-electron chi connectivity index (χ4n) is 2.86. The topological polar surface area (TPSA) is 76.8 Å². The molecule has 1 aromatic heterocycles. The number of hydrogen-bond donors (Lipinski definition) is 1. The molecule has 0 fully saturated rings. The number of aliphatic carboxylic acids is 1. The number of hydrogen-bond acceptors (Lipinski definition) is 5. The lowest BCUT2D eigenvalue weighted by atomic mass is 10.2. The maximum Gasteiger partial charge on any atom is 0.323 e. The van der Waals surface area contributed by atoms with Gasteiger partial charge < -0.3 is 24.0 Å². The summed E-state index contributed by atoms with van der Waals surface area (Å²) in [6.07, 6.45) is 0. The van der Waals surface area contributed by atoms with Crippen molar-refractivity contribution in [1.82, 2.24) is 14.5 Å². The lowest BCUT2D eigenvalue weighted by Gasteiger charge is -2.14. The minimum Gasteiger partial charge on any atom is -0.493 e. The average molecular weight is 369 g/mol. The van der Waals surface area contributed by atoms with Gasteiger partial charge in [0, 0.05) is 12.1 Å². The van der Waals surface area contributed by atoms with Crippen LogP contribution in [0.4, 0.5) is 0 Å². The van der Waals surface area contributed by atoms with E-state index >= 15 is 0 Å². The van der Waals surface area contributed by atoms with E-state index in [0.29, 0.717) is 23.9 Å². The molecule has 0 unspecified atom stereocenters. The van der Waals surface area contributed by atoms with E-state index in [1.54, 1.807) is 11.7 Å². The van der Waals surface area contributed by atoms with Crippen LogP contribution in [0.5, 0.6) is 11.5 Å². The first-order chi connectivity index (χ1) is 13.0. The smallest absolute Gasteiger partial charge is 0.323 e. The highest BCUT2D eigenvalue weighted by Crippen LogP contribution is 2.33. The minimum absolute atomic E-state index is 0.167. The maximum atomic E-state index is 11.3. The number of nitrogens with zero attached hydrogens (tertiary/aromatic N) is 3. The van der Waals surface area contributed by atoms with Crippen LogP contribution in [-0.4, -0.2) is 59.9 Å². The van der Waals surface area contributed by atoms with Crippen LogP contribution in [0.2, 0.25) is 0 Å². The summed E-state index contributed by atoms with van der Waals surface area (Å²) < 4.78 is 13.0. The van der Waals surface area contributed by atoms with Crippen LogP contribution in [0.1, 0.15) is 0 Å². The van der Waals surface area contributed by atoms with Gasteiger partial charge >= 0.3 is 5.97 Å². The molecule has 0 saturated heterocycles. The van der Waals surface area contributed by atoms with Crippen molar-refractivity contribution in [2.75, 3.05) is 34.4 Å². The highest BCUT2D eigenvalue weighted by molar-refractivity contribution is 5.83. The van der Waals surface area contributed by atoms with Gasteiger partial charge in [0.1, 0.15) is 19.0 Å². The van der Waals surface area contributed by atoms with E-state index in [4.69, 9.17) is 9.47 Å². The number of likely N-dealkylation sites (N-methyl/N-ethyl adjacent to an activating group) is 1. The second-order valence-corrected chi connectivity index (χ2v) is 6.42. The molecule has 2 aromatic carbocycles. The summed E-state index contributed by atoms with van der Waals surface area (Å²) in [4.78, 5) is 18.0. The van der Waals surface area contributed by atoms with Crippen molar-refractivity contribution in [2.45, 2.75) is 6.54 Å². The predicted octanol–water partition coefficient (Wildman–Crippen LogP) is 2.74. The third kappa shape index (κ3) is 4.20. The van der Waals surface area contributed by atoms with Crippen LogP contribution in [0.15, 0.2) is 42.5 Å². The molecule has 27 heavy (non-hydrogen) atoms. The molecule has 0 amide bonds. The number of para-hydroxylation sites is 2. The van der Waals surface area contributed by atoms with Gasteiger partial charge in [0.05, 0.1) is 18.1 Å². The molecule has 0 saturated carbocycles. The Balaban J connectivity index is 1.99. The number of rotatable bonds is 8. The minimum atomic E-state index is -0.921. The standard InChI is InChI=1S/C20H23N3O4/c1-22(2)10-11-27-17-9-8-14(12-18(17)26-3)20-21-15-6-4-5-7-16(15)23(20)13-19(24)25/h4-9,12H,10-11,13H2,1-3H3,(H,24,25). The highest BCUT2D eigenvalue weighted by Gasteiger charge is 2.16. The average Bonchev–Trinajstić information content (AvgIpc) is 2.99.